The predicted molar refractivity (Wildman–Crippen MR) is 118 cm³/mol. The molecule has 1 atom stereocenters. The van der Waals surface area contributed by atoms with Gasteiger partial charge in [0.05, 0.1) is 6.26 Å². The summed E-state index contributed by atoms with van der Waals surface area (Å²) in [5.74, 6) is -0.413. The van der Waals surface area contributed by atoms with Crippen LogP contribution in [0.15, 0.2) is 88.9 Å². The van der Waals surface area contributed by atoms with Gasteiger partial charge in [-0.1, -0.05) is 53.0 Å². The molecule has 7 nitrogen and oxygen atoms in total. The van der Waals surface area contributed by atoms with E-state index in [2.05, 4.69) is 14.9 Å². The lowest BCUT2D eigenvalue weighted by Gasteiger charge is -2.29. The van der Waals surface area contributed by atoms with Crippen LogP contribution in [-0.2, 0) is 11.2 Å². The number of nitrogens with zero attached hydrogens (tertiary/aromatic N) is 3. The molecule has 4 rings (SSSR count). The third kappa shape index (κ3) is 4.87. The molecule has 1 N–H and O–H groups in total. The average molecular weight is 433 g/mol. The van der Waals surface area contributed by atoms with Gasteiger partial charge in [-0.05, 0) is 47.8 Å². The largest absolute Gasteiger partial charge is 0.467 e. The van der Waals surface area contributed by atoms with Gasteiger partial charge in [-0.25, -0.2) is 0 Å². The minimum absolute atomic E-state index is 0.169. The molecule has 1 unspecified atom stereocenters. The third-order valence-corrected chi connectivity index (χ3v) is 5.21. The maximum Gasteiger partial charge on any atom is 0.280 e. The molecule has 0 fully saturated rings. The van der Waals surface area contributed by atoms with E-state index in [1.807, 2.05) is 36.4 Å². The van der Waals surface area contributed by atoms with Gasteiger partial charge in [0.25, 0.3) is 11.8 Å². The normalized spacial score (nSPS) is 11.6. The summed E-state index contributed by atoms with van der Waals surface area (Å²) in [6.45, 7) is 0.426. The Kier molecular flexibility index (Phi) is 6.49. The second-order valence-electron chi connectivity index (χ2n) is 6.75. The van der Waals surface area contributed by atoms with Crippen LogP contribution >= 0.6 is 11.5 Å². The summed E-state index contributed by atoms with van der Waals surface area (Å²) >= 11 is 1.08. The van der Waals surface area contributed by atoms with Crippen LogP contribution in [-0.4, -0.2) is 27.9 Å². The number of hydrogen-bond acceptors (Lipinski definition) is 6. The topological polar surface area (TPSA) is 88.3 Å². The highest BCUT2D eigenvalue weighted by molar-refractivity contribution is 7.03. The highest BCUT2D eigenvalue weighted by atomic mass is 32.1. The van der Waals surface area contributed by atoms with Crippen molar-refractivity contribution in [2.24, 2.45) is 0 Å². The number of nitrogens with one attached hydrogen (secondary N) is 1. The zero-order chi connectivity index (χ0) is 21.5. The van der Waals surface area contributed by atoms with Crippen LogP contribution < -0.4 is 10.2 Å². The lowest BCUT2D eigenvalue weighted by atomic mass is 10.1. The van der Waals surface area contributed by atoms with Gasteiger partial charge in [0.2, 0.25) is 0 Å². The summed E-state index contributed by atoms with van der Waals surface area (Å²) in [7, 11) is 0. The molecule has 0 spiro atoms. The number of furan rings is 1. The Morgan fingerprint density at radius 3 is 2.39 bits per heavy atom. The number of rotatable bonds is 8. The highest BCUT2D eigenvalue weighted by Gasteiger charge is 2.36. The van der Waals surface area contributed by atoms with Crippen molar-refractivity contribution in [3.8, 4) is 0 Å². The SMILES string of the molecule is O=C(NCCc1ccccc1)C(c1ccco1)N(C(=O)c1csnn1)c1ccccc1. The van der Waals surface area contributed by atoms with Crippen molar-refractivity contribution in [2.45, 2.75) is 12.5 Å². The molecule has 0 saturated carbocycles. The molecule has 156 valence electrons. The van der Waals surface area contributed by atoms with E-state index in [1.165, 1.54) is 11.2 Å². The number of anilines is 1. The maximum atomic E-state index is 13.4. The van der Waals surface area contributed by atoms with Crippen LogP contribution in [0.5, 0.6) is 0 Å². The molecule has 4 aromatic rings. The first-order valence-electron chi connectivity index (χ1n) is 9.75. The summed E-state index contributed by atoms with van der Waals surface area (Å²) < 4.78 is 9.35. The van der Waals surface area contributed by atoms with E-state index in [1.54, 1.807) is 41.8 Å². The maximum absolute atomic E-state index is 13.4. The van der Waals surface area contributed by atoms with E-state index in [0.29, 0.717) is 24.4 Å². The first kappa shape index (κ1) is 20.5. The Balaban J connectivity index is 1.63. The second kappa shape index (κ2) is 9.82. The molecule has 0 aliphatic heterocycles. The first-order chi connectivity index (χ1) is 15.2. The minimum Gasteiger partial charge on any atom is -0.467 e. The lowest BCUT2D eigenvalue weighted by molar-refractivity contribution is -0.122. The van der Waals surface area contributed by atoms with E-state index in [4.69, 9.17) is 4.42 Å². The lowest BCUT2D eigenvalue weighted by Crippen LogP contribution is -2.44. The fraction of sp³-hybridized carbons (Fsp3) is 0.130. The zero-order valence-corrected chi connectivity index (χ0v) is 17.4. The van der Waals surface area contributed by atoms with E-state index in [9.17, 15) is 9.59 Å². The van der Waals surface area contributed by atoms with Crippen LogP contribution in [0.2, 0.25) is 0 Å². The van der Waals surface area contributed by atoms with Crippen LogP contribution in [0.25, 0.3) is 0 Å². The number of para-hydroxylation sites is 1. The van der Waals surface area contributed by atoms with Crippen LogP contribution in [0, 0.1) is 0 Å². The van der Waals surface area contributed by atoms with Crippen molar-refractivity contribution in [3.63, 3.8) is 0 Å². The predicted octanol–water partition coefficient (Wildman–Crippen LogP) is 3.88. The fourth-order valence-electron chi connectivity index (χ4n) is 3.25. The van der Waals surface area contributed by atoms with Crippen LogP contribution in [0.4, 0.5) is 5.69 Å². The van der Waals surface area contributed by atoms with E-state index >= 15 is 0 Å². The molecular weight excluding hydrogens is 412 g/mol. The van der Waals surface area contributed by atoms with Crippen molar-refractivity contribution in [1.82, 2.24) is 14.9 Å². The number of carbonyl (C=O) groups is 2. The fourth-order valence-corrected chi connectivity index (χ4v) is 3.68. The van der Waals surface area contributed by atoms with Gasteiger partial charge >= 0.3 is 0 Å². The van der Waals surface area contributed by atoms with E-state index < -0.39 is 11.9 Å². The molecule has 31 heavy (non-hydrogen) atoms. The van der Waals surface area contributed by atoms with Gasteiger partial charge in [0, 0.05) is 17.6 Å². The summed E-state index contributed by atoms with van der Waals surface area (Å²) in [6.07, 6.45) is 2.16. The first-order valence-corrected chi connectivity index (χ1v) is 10.6. The molecule has 0 aliphatic rings. The number of carbonyl (C=O) groups excluding carboxylic acids is 2. The monoisotopic (exact) mass is 432 g/mol. The number of benzene rings is 2. The molecule has 0 bridgehead atoms. The Labute approximate surface area is 183 Å². The van der Waals surface area contributed by atoms with Gasteiger partial charge in [-0.3, -0.25) is 14.5 Å². The number of hydrogen-bond donors (Lipinski definition) is 1. The van der Waals surface area contributed by atoms with Gasteiger partial charge in [0.15, 0.2) is 11.7 Å². The zero-order valence-electron chi connectivity index (χ0n) is 16.5. The third-order valence-electron chi connectivity index (χ3n) is 4.71. The quantitative estimate of drug-likeness (QED) is 0.457. The van der Waals surface area contributed by atoms with Crippen LogP contribution in [0.1, 0.15) is 27.9 Å². The van der Waals surface area contributed by atoms with Crippen molar-refractivity contribution in [3.05, 3.63) is 101 Å². The number of aromatic nitrogens is 2. The van der Waals surface area contributed by atoms with E-state index in [0.717, 1.165) is 17.1 Å². The van der Waals surface area contributed by atoms with Gasteiger partial charge in [-0.15, -0.1) is 5.10 Å². The molecule has 8 heteroatoms. The summed E-state index contributed by atoms with van der Waals surface area (Å²) in [6, 6.07) is 21.3. The van der Waals surface area contributed by atoms with Crippen molar-refractivity contribution in [1.29, 1.82) is 0 Å². The molecule has 0 saturated heterocycles. The van der Waals surface area contributed by atoms with E-state index in [-0.39, 0.29) is 11.6 Å². The summed E-state index contributed by atoms with van der Waals surface area (Å²) in [5, 5.41) is 8.41. The van der Waals surface area contributed by atoms with Gasteiger partial charge in [0.1, 0.15) is 5.76 Å². The second-order valence-corrected chi connectivity index (χ2v) is 7.36. The highest BCUT2D eigenvalue weighted by Crippen LogP contribution is 2.29. The van der Waals surface area contributed by atoms with Crippen LogP contribution in [0.3, 0.4) is 0 Å². The summed E-state index contributed by atoms with van der Waals surface area (Å²) in [4.78, 5) is 28.1. The molecule has 2 aromatic heterocycles. The number of amides is 2. The van der Waals surface area contributed by atoms with Crippen molar-refractivity contribution in [2.75, 3.05) is 11.4 Å². The Morgan fingerprint density at radius 2 is 1.74 bits per heavy atom. The Bertz CT molecular complexity index is 1100. The van der Waals surface area contributed by atoms with Gasteiger partial charge in [-0.2, -0.15) is 0 Å². The Morgan fingerprint density at radius 1 is 1.00 bits per heavy atom. The molecule has 2 amide bonds. The molecule has 2 aromatic carbocycles. The molecular formula is C23H20N4O3S. The Hall–Kier alpha value is -3.78. The molecule has 2 heterocycles. The van der Waals surface area contributed by atoms with Gasteiger partial charge < -0.3 is 9.73 Å². The summed E-state index contributed by atoms with van der Waals surface area (Å²) in [5.41, 5.74) is 1.84. The minimum atomic E-state index is -0.998. The smallest absolute Gasteiger partial charge is 0.280 e. The molecule has 0 aliphatic carbocycles. The molecule has 0 radical (unpaired) electrons. The standard InChI is InChI=1S/C23H20N4O3S/c28-22(24-14-13-17-8-3-1-4-9-17)21(20-12-7-15-30-20)27(18-10-5-2-6-11-18)23(29)19-16-31-26-25-19/h1-12,15-16,21H,13-14H2,(H,24,28). The average Bonchev–Trinajstić information content (AvgIpc) is 3.53. The van der Waals surface area contributed by atoms with Crippen molar-refractivity contribution >= 4 is 29.0 Å². The van der Waals surface area contributed by atoms with Crippen molar-refractivity contribution < 1.29 is 14.0 Å².